The minimum atomic E-state index is -0.514. The molecule has 0 aromatic heterocycles. The van der Waals surface area contributed by atoms with Gasteiger partial charge in [0.05, 0.1) is 6.61 Å². The molecule has 1 aliphatic rings. The van der Waals surface area contributed by atoms with Crippen molar-refractivity contribution < 1.29 is 19.1 Å². The van der Waals surface area contributed by atoms with Gasteiger partial charge >= 0.3 is 12.1 Å². The van der Waals surface area contributed by atoms with E-state index in [1.165, 1.54) is 5.56 Å². The predicted molar refractivity (Wildman–Crippen MR) is 92.0 cm³/mol. The molecule has 1 aliphatic heterocycles. The molecule has 0 radical (unpaired) electrons. The van der Waals surface area contributed by atoms with Gasteiger partial charge < -0.3 is 20.1 Å². The highest BCUT2D eigenvalue weighted by Crippen LogP contribution is 2.24. The number of anilines is 1. The third-order valence-corrected chi connectivity index (χ3v) is 3.57. The third kappa shape index (κ3) is 5.76. The third-order valence-electron chi connectivity index (χ3n) is 3.57. The number of hydrogen-bond acceptors (Lipinski definition) is 5. The Bertz CT molecular complexity index is 581. The summed E-state index contributed by atoms with van der Waals surface area (Å²) in [4.78, 5) is 23.6. The second-order valence-corrected chi connectivity index (χ2v) is 6.84. The molecule has 1 aromatic carbocycles. The van der Waals surface area contributed by atoms with Crippen LogP contribution in [0.3, 0.4) is 0 Å². The lowest BCUT2D eigenvalue weighted by Gasteiger charge is -2.25. The molecule has 0 spiro atoms. The van der Waals surface area contributed by atoms with Gasteiger partial charge in [-0.2, -0.15) is 0 Å². The van der Waals surface area contributed by atoms with E-state index in [9.17, 15) is 9.59 Å². The maximum atomic E-state index is 12.1. The molecule has 0 saturated carbocycles. The SMILES string of the molecule is CC(C)(C)OC(=O)NCCCOC(=O)C1CCc2ccccc2N1. The highest BCUT2D eigenvalue weighted by atomic mass is 16.6. The molecule has 1 amide bonds. The largest absolute Gasteiger partial charge is 0.464 e. The molecule has 2 N–H and O–H groups in total. The van der Waals surface area contributed by atoms with E-state index in [2.05, 4.69) is 16.7 Å². The smallest absolute Gasteiger partial charge is 0.407 e. The molecule has 132 valence electrons. The van der Waals surface area contributed by atoms with Crippen LogP contribution in [0, 0.1) is 0 Å². The Labute approximate surface area is 142 Å². The maximum Gasteiger partial charge on any atom is 0.407 e. The predicted octanol–water partition coefficient (Wildman–Crippen LogP) is 2.87. The van der Waals surface area contributed by atoms with Crippen LogP contribution in [-0.2, 0) is 20.7 Å². The summed E-state index contributed by atoms with van der Waals surface area (Å²) in [6.07, 6.45) is 1.68. The maximum absolute atomic E-state index is 12.1. The Kier molecular flexibility index (Phi) is 6.06. The Balaban J connectivity index is 1.63. The van der Waals surface area contributed by atoms with Crippen molar-refractivity contribution in [3.63, 3.8) is 0 Å². The van der Waals surface area contributed by atoms with Crippen molar-refractivity contribution in [2.45, 2.75) is 51.7 Å². The van der Waals surface area contributed by atoms with Crippen LogP contribution in [0.4, 0.5) is 10.5 Å². The Morgan fingerprint density at radius 3 is 2.79 bits per heavy atom. The summed E-state index contributed by atoms with van der Waals surface area (Å²) >= 11 is 0. The molecule has 0 saturated heterocycles. The van der Waals surface area contributed by atoms with Crippen LogP contribution >= 0.6 is 0 Å². The van der Waals surface area contributed by atoms with Crippen molar-refractivity contribution in [3.8, 4) is 0 Å². The molecular weight excluding hydrogens is 308 g/mol. The van der Waals surface area contributed by atoms with Crippen molar-refractivity contribution in [3.05, 3.63) is 29.8 Å². The zero-order chi connectivity index (χ0) is 17.6. The van der Waals surface area contributed by atoms with E-state index in [1.54, 1.807) is 0 Å². The van der Waals surface area contributed by atoms with Gasteiger partial charge in [-0.1, -0.05) is 18.2 Å². The summed E-state index contributed by atoms with van der Waals surface area (Å²) in [5, 5.41) is 5.85. The van der Waals surface area contributed by atoms with Crippen LogP contribution < -0.4 is 10.6 Å². The van der Waals surface area contributed by atoms with Gasteiger partial charge in [0, 0.05) is 12.2 Å². The van der Waals surface area contributed by atoms with Crippen molar-refractivity contribution in [2.75, 3.05) is 18.5 Å². The number of fused-ring (bicyclic) bond motifs is 1. The van der Waals surface area contributed by atoms with Crippen LogP contribution in [0.2, 0.25) is 0 Å². The molecule has 0 bridgehead atoms. The van der Waals surface area contributed by atoms with E-state index in [0.717, 1.165) is 18.5 Å². The number of aryl methyl sites for hydroxylation is 1. The molecule has 0 aliphatic carbocycles. The molecule has 2 rings (SSSR count). The average molecular weight is 334 g/mol. The minimum absolute atomic E-state index is 0.248. The normalized spacial score (nSPS) is 16.5. The second kappa shape index (κ2) is 8.04. The van der Waals surface area contributed by atoms with Gasteiger partial charge in [-0.05, 0) is 51.7 Å². The van der Waals surface area contributed by atoms with Crippen molar-refractivity contribution >= 4 is 17.7 Å². The topological polar surface area (TPSA) is 76.7 Å². The van der Waals surface area contributed by atoms with E-state index in [-0.39, 0.29) is 18.6 Å². The van der Waals surface area contributed by atoms with Crippen LogP contribution in [0.15, 0.2) is 24.3 Å². The standard InChI is InChI=1S/C18H26N2O4/c1-18(2,3)24-17(22)19-11-6-12-23-16(21)15-10-9-13-7-4-5-8-14(13)20-15/h4-5,7-8,15,20H,6,9-12H2,1-3H3,(H,19,22). The monoisotopic (exact) mass is 334 g/mol. The van der Waals surface area contributed by atoms with Gasteiger partial charge in [0.25, 0.3) is 0 Å². The van der Waals surface area contributed by atoms with E-state index in [0.29, 0.717) is 13.0 Å². The summed E-state index contributed by atoms with van der Waals surface area (Å²) in [5.41, 5.74) is 1.71. The first kappa shape index (κ1) is 18.1. The first-order chi connectivity index (χ1) is 11.3. The molecule has 6 heteroatoms. The van der Waals surface area contributed by atoms with Gasteiger partial charge in [0.15, 0.2) is 0 Å². The first-order valence-electron chi connectivity index (χ1n) is 8.33. The Morgan fingerprint density at radius 1 is 1.29 bits per heavy atom. The lowest BCUT2D eigenvalue weighted by atomic mass is 9.98. The molecule has 1 aromatic rings. The molecule has 1 unspecified atom stereocenters. The number of amides is 1. The number of alkyl carbamates (subject to hydrolysis) is 1. The quantitative estimate of drug-likeness (QED) is 0.639. The van der Waals surface area contributed by atoms with Crippen molar-refractivity contribution in [1.82, 2.24) is 5.32 Å². The van der Waals surface area contributed by atoms with Gasteiger partial charge in [-0.25, -0.2) is 9.59 Å². The first-order valence-corrected chi connectivity index (χ1v) is 8.33. The van der Waals surface area contributed by atoms with Crippen LogP contribution in [0.5, 0.6) is 0 Å². The Morgan fingerprint density at radius 2 is 2.04 bits per heavy atom. The number of nitrogens with one attached hydrogen (secondary N) is 2. The lowest BCUT2D eigenvalue weighted by molar-refractivity contribution is -0.144. The molecule has 0 fully saturated rings. The van der Waals surface area contributed by atoms with Crippen molar-refractivity contribution in [1.29, 1.82) is 0 Å². The minimum Gasteiger partial charge on any atom is -0.464 e. The van der Waals surface area contributed by atoms with Crippen LogP contribution in [-0.4, -0.2) is 36.9 Å². The summed E-state index contributed by atoms with van der Waals surface area (Å²) in [6, 6.07) is 7.67. The fourth-order valence-corrected chi connectivity index (χ4v) is 2.47. The van der Waals surface area contributed by atoms with E-state index in [4.69, 9.17) is 9.47 Å². The summed E-state index contributed by atoms with van der Waals surface area (Å²) < 4.78 is 10.4. The van der Waals surface area contributed by atoms with Gasteiger partial charge in [-0.3, -0.25) is 0 Å². The lowest BCUT2D eigenvalue weighted by Crippen LogP contribution is -2.36. The highest BCUT2D eigenvalue weighted by molar-refractivity contribution is 5.80. The number of para-hydroxylation sites is 1. The van der Waals surface area contributed by atoms with Gasteiger partial charge in [0.2, 0.25) is 0 Å². The fraction of sp³-hybridized carbons (Fsp3) is 0.556. The number of carbonyl (C=O) groups is 2. The fourth-order valence-electron chi connectivity index (χ4n) is 2.47. The number of rotatable bonds is 5. The van der Waals surface area contributed by atoms with Gasteiger partial charge in [0.1, 0.15) is 11.6 Å². The van der Waals surface area contributed by atoms with Crippen molar-refractivity contribution in [2.24, 2.45) is 0 Å². The summed E-state index contributed by atoms with van der Waals surface area (Å²) in [7, 11) is 0. The molecule has 24 heavy (non-hydrogen) atoms. The van der Waals surface area contributed by atoms with E-state index in [1.807, 2.05) is 39.0 Å². The number of hydrogen-bond donors (Lipinski definition) is 2. The number of carbonyl (C=O) groups excluding carboxylic acids is 2. The van der Waals surface area contributed by atoms with Gasteiger partial charge in [-0.15, -0.1) is 0 Å². The van der Waals surface area contributed by atoms with E-state index < -0.39 is 11.7 Å². The van der Waals surface area contributed by atoms with Crippen LogP contribution in [0.25, 0.3) is 0 Å². The summed E-state index contributed by atoms with van der Waals surface area (Å²) in [5.74, 6) is -0.248. The number of benzene rings is 1. The van der Waals surface area contributed by atoms with E-state index >= 15 is 0 Å². The zero-order valence-corrected chi connectivity index (χ0v) is 14.6. The molecule has 1 heterocycles. The molecular formula is C18H26N2O4. The second-order valence-electron chi connectivity index (χ2n) is 6.84. The molecule has 6 nitrogen and oxygen atoms in total. The number of esters is 1. The Hall–Kier alpha value is -2.24. The summed E-state index contributed by atoms with van der Waals surface area (Å²) in [6.45, 7) is 6.11. The highest BCUT2D eigenvalue weighted by Gasteiger charge is 2.24. The van der Waals surface area contributed by atoms with Crippen LogP contribution in [0.1, 0.15) is 39.2 Å². The average Bonchev–Trinajstić information content (AvgIpc) is 2.52. The zero-order valence-electron chi connectivity index (χ0n) is 14.6. The molecule has 1 atom stereocenters. The number of ether oxygens (including phenoxy) is 2.